The highest BCUT2D eigenvalue weighted by Crippen LogP contribution is 2.51. The Labute approximate surface area is 183 Å². The first-order valence-electron chi connectivity index (χ1n) is 12.3. The molecule has 0 spiro atoms. The van der Waals surface area contributed by atoms with Crippen LogP contribution in [0, 0.1) is 17.3 Å². The van der Waals surface area contributed by atoms with Crippen LogP contribution in [0.1, 0.15) is 103 Å². The van der Waals surface area contributed by atoms with Gasteiger partial charge in [-0.1, -0.05) is 58.3 Å². The van der Waals surface area contributed by atoms with Gasteiger partial charge >= 0.3 is 0 Å². The molecule has 0 bridgehead atoms. The number of ether oxygens (including phenoxy) is 1. The summed E-state index contributed by atoms with van der Waals surface area (Å²) in [5.74, 6) is 1.91. The van der Waals surface area contributed by atoms with Crippen LogP contribution in [0.2, 0.25) is 0 Å². The van der Waals surface area contributed by atoms with E-state index in [2.05, 4.69) is 12.4 Å². The number of amides is 1. The van der Waals surface area contributed by atoms with Gasteiger partial charge < -0.3 is 4.74 Å². The van der Waals surface area contributed by atoms with Gasteiger partial charge in [0.2, 0.25) is 5.91 Å². The van der Waals surface area contributed by atoms with Crippen LogP contribution in [0.25, 0.3) is 0 Å². The van der Waals surface area contributed by atoms with Crippen LogP contribution in [0.5, 0.6) is 0 Å². The summed E-state index contributed by atoms with van der Waals surface area (Å²) >= 11 is 5.68. The summed E-state index contributed by atoms with van der Waals surface area (Å²) in [7, 11) is 0. The average Bonchev–Trinajstić information content (AvgIpc) is 2.77. The Kier molecular flexibility index (Phi) is 12.6. The molecule has 2 aliphatic carbocycles. The van der Waals surface area contributed by atoms with Crippen molar-refractivity contribution in [2.24, 2.45) is 17.3 Å². The zero-order chi connectivity index (χ0) is 20.8. The van der Waals surface area contributed by atoms with E-state index >= 15 is 0 Å². The maximum atomic E-state index is 13.4. The summed E-state index contributed by atoms with van der Waals surface area (Å²) in [5, 5.41) is 0. The summed E-state index contributed by atoms with van der Waals surface area (Å²) in [6.45, 7) is 3.92. The van der Waals surface area contributed by atoms with Crippen LogP contribution in [0.15, 0.2) is 0 Å². The van der Waals surface area contributed by atoms with Gasteiger partial charge in [0.1, 0.15) is 0 Å². The molecule has 2 fully saturated rings. The highest BCUT2D eigenvalue weighted by Gasteiger charge is 2.50. The molecule has 2 aliphatic rings. The zero-order valence-corrected chi connectivity index (χ0v) is 19.4. The fourth-order valence-corrected chi connectivity index (χ4v) is 5.93. The van der Waals surface area contributed by atoms with Crippen LogP contribution < -0.4 is 5.48 Å². The number of halogens is 1. The Morgan fingerprint density at radius 2 is 1.45 bits per heavy atom. The van der Waals surface area contributed by atoms with Crippen LogP contribution in [-0.2, 0) is 14.4 Å². The zero-order valence-electron chi connectivity index (χ0n) is 18.7. The molecule has 0 unspecified atom stereocenters. The molecule has 0 aromatic heterocycles. The molecular weight excluding hydrogens is 386 g/mol. The van der Waals surface area contributed by atoms with Crippen LogP contribution in [0.4, 0.5) is 0 Å². The van der Waals surface area contributed by atoms with Crippen molar-refractivity contribution in [2.45, 2.75) is 103 Å². The van der Waals surface area contributed by atoms with Gasteiger partial charge in [-0.2, -0.15) is 0 Å². The molecule has 5 heteroatoms. The first-order chi connectivity index (χ1) is 14.3. The molecule has 29 heavy (non-hydrogen) atoms. The van der Waals surface area contributed by atoms with Gasteiger partial charge in [0.25, 0.3) is 0 Å². The van der Waals surface area contributed by atoms with E-state index in [0.717, 1.165) is 38.2 Å². The Balaban J connectivity index is 1.78. The van der Waals surface area contributed by atoms with Gasteiger partial charge in [-0.3, -0.25) is 9.63 Å². The number of alkyl halides is 1. The standard InChI is InChI=1S/C24H44ClNO3/c1-2-24(21-13-7-5-8-14-21,22-15-9-6-10-16-22)23(27)26-29-20-19-28-18-12-4-3-11-17-25/h21-22H,2-20H2,1H3,(H,26,27). The van der Waals surface area contributed by atoms with Crippen molar-refractivity contribution in [3.63, 3.8) is 0 Å². The predicted molar refractivity (Wildman–Crippen MR) is 120 cm³/mol. The molecule has 4 nitrogen and oxygen atoms in total. The number of carbonyl (C=O) groups is 1. The number of rotatable bonds is 14. The molecule has 0 aliphatic heterocycles. The minimum absolute atomic E-state index is 0.139. The Morgan fingerprint density at radius 3 is 2.00 bits per heavy atom. The van der Waals surface area contributed by atoms with Gasteiger partial charge in [-0.05, 0) is 56.8 Å². The Morgan fingerprint density at radius 1 is 0.862 bits per heavy atom. The van der Waals surface area contributed by atoms with Crippen molar-refractivity contribution in [3.8, 4) is 0 Å². The number of hydrogen-bond acceptors (Lipinski definition) is 3. The fourth-order valence-electron chi connectivity index (χ4n) is 5.74. The lowest BCUT2D eigenvalue weighted by Crippen LogP contribution is -2.51. The van der Waals surface area contributed by atoms with Crippen molar-refractivity contribution >= 4 is 17.5 Å². The molecule has 2 saturated carbocycles. The minimum atomic E-state index is -0.246. The Bertz CT molecular complexity index is 416. The smallest absolute Gasteiger partial charge is 0.250 e. The molecule has 0 aromatic rings. The second-order valence-electron chi connectivity index (χ2n) is 9.06. The van der Waals surface area contributed by atoms with Crippen molar-refractivity contribution in [1.29, 1.82) is 0 Å². The summed E-state index contributed by atoms with van der Waals surface area (Å²) in [6.07, 6.45) is 17.9. The third kappa shape index (κ3) is 7.70. The highest BCUT2D eigenvalue weighted by atomic mass is 35.5. The second-order valence-corrected chi connectivity index (χ2v) is 9.44. The minimum Gasteiger partial charge on any atom is -0.379 e. The number of unbranched alkanes of at least 4 members (excludes halogenated alkanes) is 3. The summed E-state index contributed by atoms with van der Waals surface area (Å²) in [5.41, 5.74) is 2.61. The van der Waals surface area contributed by atoms with Crippen LogP contribution in [0.3, 0.4) is 0 Å². The summed E-state index contributed by atoms with van der Waals surface area (Å²) in [6, 6.07) is 0. The molecule has 170 valence electrons. The van der Waals surface area contributed by atoms with E-state index in [9.17, 15) is 4.79 Å². The lowest BCUT2D eigenvalue weighted by atomic mass is 9.57. The van der Waals surface area contributed by atoms with Gasteiger partial charge in [-0.25, -0.2) is 5.48 Å². The van der Waals surface area contributed by atoms with Gasteiger partial charge in [0.15, 0.2) is 0 Å². The van der Waals surface area contributed by atoms with Crippen LogP contribution >= 0.6 is 11.6 Å². The fraction of sp³-hybridized carbons (Fsp3) is 0.958. The Hall–Kier alpha value is -0.320. The molecule has 0 radical (unpaired) electrons. The van der Waals surface area contributed by atoms with E-state index < -0.39 is 0 Å². The molecule has 0 saturated heterocycles. The SMILES string of the molecule is CCC(C(=O)NOCCOCCCCCCCl)(C1CCCCC1)C1CCCCC1. The number of hydroxylamine groups is 1. The largest absolute Gasteiger partial charge is 0.379 e. The number of hydrogen-bond donors (Lipinski definition) is 1. The molecule has 2 rings (SSSR count). The third-order valence-electron chi connectivity index (χ3n) is 7.34. The van der Waals surface area contributed by atoms with Crippen molar-refractivity contribution < 1.29 is 14.4 Å². The average molecular weight is 430 g/mol. The maximum Gasteiger partial charge on any atom is 0.250 e. The molecule has 1 N–H and O–H groups in total. The summed E-state index contributed by atoms with van der Waals surface area (Å²) < 4.78 is 5.63. The van der Waals surface area contributed by atoms with Crippen LogP contribution in [-0.4, -0.2) is 31.6 Å². The second kappa shape index (κ2) is 14.6. The van der Waals surface area contributed by atoms with E-state index in [1.807, 2.05) is 0 Å². The first-order valence-corrected chi connectivity index (χ1v) is 12.8. The molecule has 0 atom stereocenters. The molecule has 0 aromatic carbocycles. The quantitative estimate of drug-likeness (QED) is 0.197. The third-order valence-corrected chi connectivity index (χ3v) is 7.61. The van der Waals surface area contributed by atoms with E-state index in [1.165, 1.54) is 70.6 Å². The molecular formula is C24H44ClNO3. The normalized spacial score (nSPS) is 19.4. The van der Waals surface area contributed by atoms with E-state index in [0.29, 0.717) is 25.0 Å². The van der Waals surface area contributed by atoms with Crippen molar-refractivity contribution in [1.82, 2.24) is 5.48 Å². The van der Waals surface area contributed by atoms with Gasteiger partial charge in [-0.15, -0.1) is 11.6 Å². The summed E-state index contributed by atoms with van der Waals surface area (Å²) in [4.78, 5) is 19.0. The van der Waals surface area contributed by atoms with Crippen molar-refractivity contribution in [2.75, 3.05) is 25.7 Å². The highest BCUT2D eigenvalue weighted by molar-refractivity contribution is 6.17. The maximum absolute atomic E-state index is 13.4. The van der Waals surface area contributed by atoms with E-state index in [4.69, 9.17) is 21.2 Å². The van der Waals surface area contributed by atoms with Gasteiger partial charge in [0, 0.05) is 12.5 Å². The monoisotopic (exact) mass is 429 g/mol. The predicted octanol–water partition coefficient (Wildman–Crippen LogP) is 6.41. The molecule has 1 amide bonds. The first kappa shape index (κ1) is 24.9. The topological polar surface area (TPSA) is 47.6 Å². The van der Waals surface area contributed by atoms with Crippen molar-refractivity contribution in [3.05, 3.63) is 0 Å². The van der Waals surface area contributed by atoms with E-state index in [-0.39, 0.29) is 11.3 Å². The lowest BCUT2D eigenvalue weighted by molar-refractivity contribution is -0.156. The van der Waals surface area contributed by atoms with Gasteiger partial charge in [0.05, 0.1) is 18.6 Å². The molecule has 0 heterocycles. The number of carbonyl (C=O) groups excluding carboxylic acids is 1. The van der Waals surface area contributed by atoms with E-state index in [1.54, 1.807) is 0 Å². The lowest BCUT2D eigenvalue weighted by Gasteiger charge is -2.47. The number of nitrogens with one attached hydrogen (secondary N) is 1.